The van der Waals surface area contributed by atoms with Crippen molar-refractivity contribution in [3.63, 3.8) is 0 Å². The van der Waals surface area contributed by atoms with Gasteiger partial charge >= 0.3 is 0 Å². The summed E-state index contributed by atoms with van der Waals surface area (Å²) in [7, 11) is 3.65. The molecule has 2 amide bonds. The minimum Gasteiger partial charge on any atom is -0.357 e. The Labute approximate surface area is 163 Å². The summed E-state index contributed by atoms with van der Waals surface area (Å²) in [5, 5.41) is 2.87. The van der Waals surface area contributed by atoms with Crippen LogP contribution in [-0.4, -0.2) is 33.4 Å². The molecule has 0 bridgehead atoms. The molecule has 3 aromatic rings. The number of carbonyl (C=O) groups is 2. The smallest absolute Gasteiger partial charge is 0.255 e. The van der Waals surface area contributed by atoms with E-state index in [0.29, 0.717) is 17.1 Å². The maximum atomic E-state index is 12.7. The van der Waals surface area contributed by atoms with Gasteiger partial charge in [-0.25, -0.2) is 4.98 Å². The van der Waals surface area contributed by atoms with E-state index in [1.54, 1.807) is 37.8 Å². The summed E-state index contributed by atoms with van der Waals surface area (Å²) in [6.45, 7) is 0. The van der Waals surface area contributed by atoms with Crippen LogP contribution in [0.2, 0.25) is 0 Å². The minimum atomic E-state index is -0.275. The van der Waals surface area contributed by atoms with Gasteiger partial charge in [-0.2, -0.15) is 0 Å². The number of pyridine rings is 2. The van der Waals surface area contributed by atoms with Gasteiger partial charge < -0.3 is 9.88 Å². The number of hydrogen-bond donors (Lipinski definition) is 1. The zero-order chi connectivity index (χ0) is 19.7. The van der Waals surface area contributed by atoms with E-state index >= 15 is 0 Å². The zero-order valence-electron chi connectivity index (χ0n) is 15.8. The average Bonchev–Trinajstić information content (AvgIpc) is 3.47. The van der Waals surface area contributed by atoms with Crippen molar-refractivity contribution in [1.82, 2.24) is 14.5 Å². The van der Waals surface area contributed by atoms with Crippen molar-refractivity contribution in [1.29, 1.82) is 0 Å². The van der Waals surface area contributed by atoms with E-state index in [4.69, 9.17) is 0 Å². The first-order chi connectivity index (χ1) is 13.5. The molecule has 0 spiro atoms. The Morgan fingerprint density at radius 2 is 2.00 bits per heavy atom. The van der Waals surface area contributed by atoms with E-state index in [2.05, 4.69) is 15.3 Å². The van der Waals surface area contributed by atoms with E-state index in [1.807, 2.05) is 36.1 Å². The van der Waals surface area contributed by atoms with Crippen LogP contribution in [0.25, 0.3) is 11.1 Å². The number of anilines is 2. The van der Waals surface area contributed by atoms with Crippen molar-refractivity contribution in [3.05, 3.63) is 60.8 Å². The highest BCUT2D eigenvalue weighted by Crippen LogP contribution is 2.32. The van der Waals surface area contributed by atoms with E-state index < -0.39 is 0 Å². The Morgan fingerprint density at radius 1 is 1.18 bits per heavy atom. The molecule has 7 nitrogen and oxygen atoms in total. The van der Waals surface area contributed by atoms with Gasteiger partial charge in [0.1, 0.15) is 5.82 Å². The molecule has 0 radical (unpaired) electrons. The van der Waals surface area contributed by atoms with Crippen molar-refractivity contribution in [2.75, 3.05) is 17.3 Å². The summed E-state index contributed by atoms with van der Waals surface area (Å²) in [4.78, 5) is 34.9. The van der Waals surface area contributed by atoms with Crippen LogP contribution in [0.15, 0.2) is 55.2 Å². The van der Waals surface area contributed by atoms with Crippen molar-refractivity contribution < 1.29 is 9.59 Å². The molecule has 0 aromatic carbocycles. The van der Waals surface area contributed by atoms with Gasteiger partial charge in [-0.3, -0.25) is 19.5 Å². The van der Waals surface area contributed by atoms with Gasteiger partial charge in [0.2, 0.25) is 5.91 Å². The second kappa shape index (κ2) is 7.26. The van der Waals surface area contributed by atoms with Crippen LogP contribution in [0.4, 0.5) is 11.5 Å². The summed E-state index contributed by atoms with van der Waals surface area (Å²) in [6, 6.07) is 7.13. The van der Waals surface area contributed by atoms with Gasteiger partial charge in [0.05, 0.1) is 11.9 Å². The van der Waals surface area contributed by atoms with Crippen LogP contribution in [0.1, 0.15) is 23.2 Å². The third kappa shape index (κ3) is 3.78. The monoisotopic (exact) mass is 375 g/mol. The molecule has 0 unspecified atom stereocenters. The second-order valence-electron chi connectivity index (χ2n) is 7.06. The molecule has 1 aliphatic carbocycles. The number of rotatable bonds is 5. The molecule has 1 aliphatic rings. The highest BCUT2D eigenvalue weighted by atomic mass is 16.2. The van der Waals surface area contributed by atoms with E-state index in [9.17, 15) is 9.59 Å². The first kappa shape index (κ1) is 17.9. The maximum absolute atomic E-state index is 12.7. The molecule has 1 saturated carbocycles. The third-order valence-electron chi connectivity index (χ3n) is 4.77. The van der Waals surface area contributed by atoms with Gasteiger partial charge in [0.25, 0.3) is 5.91 Å². The lowest BCUT2D eigenvalue weighted by Gasteiger charge is -2.16. The predicted octanol–water partition coefficient (Wildman–Crippen LogP) is 3.11. The summed E-state index contributed by atoms with van der Waals surface area (Å²) in [5.41, 5.74) is 2.98. The molecule has 7 heteroatoms. The van der Waals surface area contributed by atoms with Crippen LogP contribution in [0.5, 0.6) is 0 Å². The quantitative estimate of drug-likeness (QED) is 0.743. The molecular formula is C21H21N5O2. The summed E-state index contributed by atoms with van der Waals surface area (Å²) in [5.74, 6) is 0.338. The van der Waals surface area contributed by atoms with Gasteiger partial charge in [-0.15, -0.1) is 0 Å². The van der Waals surface area contributed by atoms with Crippen LogP contribution in [-0.2, 0) is 11.8 Å². The fourth-order valence-corrected chi connectivity index (χ4v) is 3.00. The number of aromatic nitrogens is 3. The summed E-state index contributed by atoms with van der Waals surface area (Å²) >= 11 is 0. The van der Waals surface area contributed by atoms with Crippen molar-refractivity contribution in [2.45, 2.75) is 12.8 Å². The fourth-order valence-electron chi connectivity index (χ4n) is 3.00. The number of nitrogens with zero attached hydrogens (tertiary/aromatic N) is 4. The highest BCUT2D eigenvalue weighted by molar-refractivity contribution is 6.05. The normalized spacial score (nSPS) is 13.2. The van der Waals surface area contributed by atoms with Crippen molar-refractivity contribution in [2.24, 2.45) is 13.0 Å². The Morgan fingerprint density at radius 3 is 2.71 bits per heavy atom. The lowest BCUT2D eigenvalue weighted by molar-refractivity contribution is -0.119. The summed E-state index contributed by atoms with van der Waals surface area (Å²) in [6.07, 6.45) is 10.7. The molecule has 3 heterocycles. The SMILES string of the molecule is CN(C(=O)C1CC1)c1cc(C(=O)Nc2cncc(-c3ccn(C)c3)c2)ccn1. The van der Waals surface area contributed by atoms with Gasteiger partial charge in [-0.1, -0.05) is 0 Å². The fraction of sp³-hybridized carbons (Fsp3) is 0.238. The van der Waals surface area contributed by atoms with Crippen LogP contribution >= 0.6 is 0 Å². The second-order valence-corrected chi connectivity index (χ2v) is 7.06. The predicted molar refractivity (Wildman–Crippen MR) is 107 cm³/mol. The maximum Gasteiger partial charge on any atom is 0.255 e. The molecule has 1 fully saturated rings. The molecule has 142 valence electrons. The molecule has 4 rings (SSSR count). The standard InChI is InChI=1S/C21H21N5O2/c1-25-8-6-16(13-25)17-9-18(12-22-11-17)24-20(27)15-5-7-23-19(10-15)26(2)21(28)14-3-4-14/h5-14H,3-4H2,1-2H3,(H,24,27). The molecule has 3 aromatic heterocycles. The Hall–Kier alpha value is -3.48. The zero-order valence-corrected chi connectivity index (χ0v) is 15.8. The number of hydrogen-bond acceptors (Lipinski definition) is 4. The highest BCUT2D eigenvalue weighted by Gasteiger charge is 2.33. The Balaban J connectivity index is 1.51. The van der Waals surface area contributed by atoms with Gasteiger partial charge in [0, 0.05) is 61.5 Å². The summed E-state index contributed by atoms with van der Waals surface area (Å²) < 4.78 is 1.96. The number of amides is 2. The van der Waals surface area contributed by atoms with Gasteiger partial charge in [-0.05, 0) is 37.1 Å². The average molecular weight is 375 g/mol. The van der Waals surface area contributed by atoms with Crippen LogP contribution in [0.3, 0.4) is 0 Å². The molecule has 0 aliphatic heterocycles. The largest absolute Gasteiger partial charge is 0.357 e. The molecule has 28 heavy (non-hydrogen) atoms. The Kier molecular flexibility index (Phi) is 4.65. The number of aryl methyl sites for hydroxylation is 1. The Bertz CT molecular complexity index is 1040. The van der Waals surface area contributed by atoms with Crippen LogP contribution in [0, 0.1) is 5.92 Å². The number of carbonyl (C=O) groups excluding carboxylic acids is 2. The molecule has 0 atom stereocenters. The lowest BCUT2D eigenvalue weighted by atomic mass is 10.1. The van der Waals surface area contributed by atoms with Gasteiger partial charge in [0.15, 0.2) is 0 Å². The van der Waals surface area contributed by atoms with Crippen molar-refractivity contribution >= 4 is 23.3 Å². The van der Waals surface area contributed by atoms with Crippen LogP contribution < -0.4 is 10.2 Å². The number of nitrogens with one attached hydrogen (secondary N) is 1. The third-order valence-corrected chi connectivity index (χ3v) is 4.77. The molecule has 0 saturated heterocycles. The van der Waals surface area contributed by atoms with E-state index in [-0.39, 0.29) is 17.7 Å². The first-order valence-electron chi connectivity index (χ1n) is 9.13. The molecular weight excluding hydrogens is 354 g/mol. The topological polar surface area (TPSA) is 80.1 Å². The first-order valence-corrected chi connectivity index (χ1v) is 9.13. The van der Waals surface area contributed by atoms with E-state index in [0.717, 1.165) is 24.0 Å². The minimum absolute atomic E-state index is 0.0461. The van der Waals surface area contributed by atoms with E-state index in [1.165, 1.54) is 4.90 Å². The molecule has 1 N–H and O–H groups in total. The van der Waals surface area contributed by atoms with Crippen molar-refractivity contribution in [3.8, 4) is 11.1 Å². The lowest BCUT2D eigenvalue weighted by Crippen LogP contribution is -2.28.